The van der Waals surface area contributed by atoms with E-state index in [0.29, 0.717) is 23.9 Å². The number of carbonyl (C=O) groups excluding carboxylic acids is 1. The van der Waals surface area contributed by atoms with Gasteiger partial charge in [-0.1, -0.05) is 327 Å². The summed E-state index contributed by atoms with van der Waals surface area (Å²) in [6.07, 6.45) is 100. The van der Waals surface area contributed by atoms with Gasteiger partial charge in [0.15, 0.2) is 0 Å². The highest BCUT2D eigenvalue weighted by Gasteiger charge is 2.28. The molecule has 0 aliphatic heterocycles. The van der Waals surface area contributed by atoms with Crippen molar-refractivity contribution in [1.82, 2.24) is 5.32 Å². The number of likely N-dealkylation sites (N-methyl/N-ethyl adjacent to an activating group) is 1. The molecule has 8 nitrogen and oxygen atoms in total. The number of allylic oxidation sites excluding steroid dienone is 21. The van der Waals surface area contributed by atoms with Crippen molar-refractivity contribution in [1.29, 1.82) is 0 Å². The van der Waals surface area contributed by atoms with E-state index in [4.69, 9.17) is 9.05 Å². The molecule has 0 bridgehead atoms. The summed E-state index contributed by atoms with van der Waals surface area (Å²) >= 11 is 0. The number of phosphoric acid groups is 1. The third-order valence-corrected chi connectivity index (χ3v) is 16.4. The van der Waals surface area contributed by atoms with Crippen LogP contribution in [-0.4, -0.2) is 73.4 Å². The Hall–Kier alpha value is -3.36. The highest BCUT2D eigenvalue weighted by atomic mass is 31.2. The Balaban J connectivity index is 4.21. The highest BCUT2D eigenvalue weighted by molar-refractivity contribution is 7.47. The maximum atomic E-state index is 13.0. The van der Waals surface area contributed by atoms with Crippen LogP contribution in [0.3, 0.4) is 0 Å². The average Bonchev–Trinajstić information content (AvgIpc) is 3.70. The topological polar surface area (TPSA) is 105 Å². The monoisotopic (exact) mass is 1220 g/mol. The lowest BCUT2D eigenvalue weighted by Gasteiger charge is -2.25. The summed E-state index contributed by atoms with van der Waals surface area (Å²) in [5.41, 5.74) is 0. The number of rotatable bonds is 64. The van der Waals surface area contributed by atoms with E-state index in [9.17, 15) is 19.4 Å². The number of quaternary nitrogens is 1. The van der Waals surface area contributed by atoms with Crippen LogP contribution in [0.25, 0.3) is 0 Å². The first-order chi connectivity index (χ1) is 42.0. The van der Waals surface area contributed by atoms with Crippen molar-refractivity contribution in [3.63, 3.8) is 0 Å². The predicted molar refractivity (Wildman–Crippen MR) is 378 cm³/mol. The van der Waals surface area contributed by atoms with Crippen LogP contribution in [-0.2, 0) is 18.4 Å². The molecule has 0 aromatic carbocycles. The molecule has 494 valence electrons. The van der Waals surface area contributed by atoms with Gasteiger partial charge >= 0.3 is 7.82 Å². The first-order valence-corrected chi connectivity index (χ1v) is 37.1. The molecule has 0 aliphatic rings. The fraction of sp³-hybridized carbons (Fsp3) is 0.701. The van der Waals surface area contributed by atoms with Gasteiger partial charge in [-0.05, 0) is 96.3 Å². The Morgan fingerprint density at radius 1 is 0.407 bits per heavy atom. The quantitative estimate of drug-likeness (QED) is 0.0243. The number of aliphatic hydroxyl groups is 1. The van der Waals surface area contributed by atoms with Gasteiger partial charge in [-0.25, -0.2) is 4.57 Å². The Morgan fingerprint density at radius 2 is 0.698 bits per heavy atom. The van der Waals surface area contributed by atoms with Gasteiger partial charge in [0.2, 0.25) is 5.91 Å². The molecule has 0 spiro atoms. The van der Waals surface area contributed by atoms with E-state index in [0.717, 1.165) is 96.3 Å². The van der Waals surface area contributed by atoms with Crippen molar-refractivity contribution in [3.8, 4) is 0 Å². The van der Waals surface area contributed by atoms with Crippen LogP contribution in [0.4, 0.5) is 0 Å². The van der Waals surface area contributed by atoms with Crippen LogP contribution in [0.15, 0.2) is 134 Å². The fourth-order valence-electron chi connectivity index (χ4n) is 9.90. The number of nitrogens with one attached hydrogen (secondary N) is 1. The summed E-state index contributed by atoms with van der Waals surface area (Å²) in [6.45, 7) is 4.68. The van der Waals surface area contributed by atoms with E-state index in [1.807, 2.05) is 27.2 Å². The van der Waals surface area contributed by atoms with Crippen molar-refractivity contribution >= 4 is 13.7 Å². The Kier molecular flexibility index (Phi) is 63.5. The first kappa shape index (κ1) is 82.6. The first-order valence-electron chi connectivity index (χ1n) is 35.6. The van der Waals surface area contributed by atoms with Crippen LogP contribution in [0, 0.1) is 0 Å². The van der Waals surface area contributed by atoms with Crippen LogP contribution in [0.5, 0.6) is 0 Å². The van der Waals surface area contributed by atoms with Gasteiger partial charge in [-0.3, -0.25) is 13.8 Å². The molecule has 0 fully saturated rings. The van der Waals surface area contributed by atoms with Crippen molar-refractivity contribution in [2.24, 2.45) is 0 Å². The fourth-order valence-corrected chi connectivity index (χ4v) is 10.6. The molecule has 0 aromatic rings. The van der Waals surface area contributed by atoms with E-state index in [1.165, 1.54) is 173 Å². The average molecular weight is 1220 g/mol. The van der Waals surface area contributed by atoms with Crippen molar-refractivity contribution in [2.75, 3.05) is 40.9 Å². The summed E-state index contributed by atoms with van der Waals surface area (Å²) in [7, 11) is 1.53. The van der Waals surface area contributed by atoms with E-state index in [2.05, 4.69) is 141 Å². The number of phosphoric ester groups is 1. The number of hydrogen-bond acceptors (Lipinski definition) is 5. The van der Waals surface area contributed by atoms with Crippen molar-refractivity contribution in [2.45, 2.75) is 309 Å². The molecule has 9 heteroatoms. The minimum absolute atomic E-state index is 0.0459. The molecule has 0 radical (unpaired) electrons. The summed E-state index contributed by atoms with van der Waals surface area (Å²) in [5.74, 6) is -0.221. The van der Waals surface area contributed by atoms with E-state index < -0.39 is 20.0 Å². The maximum absolute atomic E-state index is 13.0. The van der Waals surface area contributed by atoms with E-state index in [1.54, 1.807) is 6.08 Å². The minimum Gasteiger partial charge on any atom is -0.387 e. The lowest BCUT2D eigenvalue weighted by molar-refractivity contribution is -0.870. The second-order valence-corrected chi connectivity index (χ2v) is 26.3. The third kappa shape index (κ3) is 68.1. The molecule has 86 heavy (non-hydrogen) atoms. The van der Waals surface area contributed by atoms with Crippen molar-refractivity contribution in [3.05, 3.63) is 134 Å². The Morgan fingerprint density at radius 3 is 1.02 bits per heavy atom. The Labute approximate surface area is 532 Å². The predicted octanol–water partition coefficient (Wildman–Crippen LogP) is 23.0. The molecule has 1 amide bonds. The second kappa shape index (κ2) is 66.1. The normalized spacial score (nSPS) is 14.5. The number of unbranched alkanes of at least 4 members (excludes halogenated alkanes) is 31. The third-order valence-electron chi connectivity index (χ3n) is 15.4. The standard InChI is InChI=1S/C77H135N2O6P/c1-6-8-10-12-14-16-18-20-22-24-26-28-30-32-34-36-38-39-41-43-45-47-49-51-53-55-57-59-61-63-65-67-69-71-77(81)78-75(74-85-86(82,83)84-73-72-79(3,4)5)76(80)70-68-66-64-62-60-58-56-54-52-50-48-46-44-42-40-37-35-33-31-29-27-25-23-21-19-17-15-13-11-9-7-2/h8,10,14,16,20,22,26,28,32,34,38-39,43,45,49,51,55,57,61,63,68,70,75-76,80H,6-7,9,11-13,15,17-19,21,23-25,27,29-31,33,35-37,40-42,44,46-48,50,52-54,56,58-60,62,64-67,69,71-74H2,1-5H3,(H-,78,81,82,83)/p+1/b10-8-,16-14-,22-20-,28-26-,34-32-,39-38-,45-43-,51-49-,57-55-,63-61-,70-68+. The molecule has 0 heterocycles. The van der Waals surface area contributed by atoms with Gasteiger partial charge in [0, 0.05) is 6.42 Å². The van der Waals surface area contributed by atoms with Gasteiger partial charge in [0.1, 0.15) is 13.2 Å². The van der Waals surface area contributed by atoms with E-state index in [-0.39, 0.29) is 19.1 Å². The summed E-state index contributed by atoms with van der Waals surface area (Å²) in [5, 5.41) is 14.0. The van der Waals surface area contributed by atoms with Gasteiger partial charge in [-0.15, -0.1) is 0 Å². The second-order valence-electron chi connectivity index (χ2n) is 24.9. The lowest BCUT2D eigenvalue weighted by atomic mass is 10.0. The van der Waals surface area contributed by atoms with Gasteiger partial charge in [0.25, 0.3) is 0 Å². The van der Waals surface area contributed by atoms with Crippen LogP contribution in [0.2, 0.25) is 0 Å². The molecule has 0 aliphatic carbocycles. The molecule has 0 saturated carbocycles. The number of hydrogen-bond donors (Lipinski definition) is 3. The Bertz CT molecular complexity index is 1870. The molecule has 0 saturated heterocycles. The zero-order valence-corrected chi connectivity index (χ0v) is 57.4. The maximum Gasteiger partial charge on any atom is 0.472 e. The summed E-state index contributed by atoms with van der Waals surface area (Å²) < 4.78 is 23.8. The van der Waals surface area contributed by atoms with Gasteiger partial charge < -0.3 is 19.8 Å². The summed E-state index contributed by atoms with van der Waals surface area (Å²) in [4.78, 5) is 23.4. The number of nitrogens with zero attached hydrogens (tertiary/aromatic N) is 1. The number of amides is 1. The zero-order chi connectivity index (χ0) is 62.6. The van der Waals surface area contributed by atoms with Crippen LogP contribution < -0.4 is 5.32 Å². The molecular formula is C77H136N2O6P+. The molecule has 0 rings (SSSR count). The van der Waals surface area contributed by atoms with E-state index >= 15 is 0 Å². The van der Waals surface area contributed by atoms with Gasteiger partial charge in [-0.2, -0.15) is 0 Å². The largest absolute Gasteiger partial charge is 0.472 e. The van der Waals surface area contributed by atoms with Crippen molar-refractivity contribution < 1.29 is 32.9 Å². The summed E-state index contributed by atoms with van der Waals surface area (Å²) in [6, 6.07) is -0.883. The SMILES string of the molecule is CC/C=C\C/C=C\C/C=C\C/C=C\C/C=C\C/C=C\C/C=C\C/C=C\C/C=C\C/C=C\CCCCC(=O)NC(COP(=O)(O)OCC[N+](C)(C)C)C(O)/C=C/CCCCCCCCCCCCCCCCCCCCCCCCCCCCCCC. The smallest absolute Gasteiger partial charge is 0.387 e. The minimum atomic E-state index is -4.38. The lowest BCUT2D eigenvalue weighted by Crippen LogP contribution is -2.45. The molecule has 3 N–H and O–H groups in total. The van der Waals surface area contributed by atoms with Crippen LogP contribution in [0.1, 0.15) is 296 Å². The van der Waals surface area contributed by atoms with Crippen LogP contribution >= 0.6 is 7.82 Å². The molecule has 3 unspecified atom stereocenters. The zero-order valence-electron chi connectivity index (χ0n) is 56.5. The molecular weight excluding hydrogens is 1080 g/mol. The highest BCUT2D eigenvalue weighted by Crippen LogP contribution is 2.43. The molecule has 3 atom stereocenters. The number of carbonyl (C=O) groups is 1. The van der Waals surface area contributed by atoms with Gasteiger partial charge in [0.05, 0.1) is 39.9 Å². The number of aliphatic hydroxyl groups excluding tert-OH is 1. The molecule has 0 aromatic heterocycles.